The van der Waals surface area contributed by atoms with Gasteiger partial charge in [0.25, 0.3) is 0 Å². The molecular weight excluding hydrogens is 310 g/mol. The first-order valence-corrected chi connectivity index (χ1v) is 7.68. The molecule has 3 nitrogen and oxygen atoms in total. The van der Waals surface area contributed by atoms with Crippen molar-refractivity contribution in [3.8, 4) is 0 Å². The number of rotatable bonds is 4. The minimum Gasteiger partial charge on any atom is -0.378 e. The lowest BCUT2D eigenvalue weighted by molar-refractivity contribution is 0.516. The van der Waals surface area contributed by atoms with Gasteiger partial charge in [-0.05, 0) is 60.6 Å². The van der Waals surface area contributed by atoms with E-state index in [9.17, 15) is 0 Å². The van der Waals surface area contributed by atoms with Crippen LogP contribution in [-0.4, -0.2) is 9.78 Å². The molecule has 2 aromatic heterocycles. The third-order valence-corrected chi connectivity index (χ3v) is 4.46. The summed E-state index contributed by atoms with van der Waals surface area (Å²) in [5.41, 5.74) is 4.72. The van der Waals surface area contributed by atoms with Crippen LogP contribution in [0, 0.1) is 13.8 Å². The number of hydrogen-bond acceptors (Lipinski definition) is 3. The normalized spacial score (nSPS) is 11.2. The quantitative estimate of drug-likeness (QED) is 0.894. The zero-order valence-electron chi connectivity index (χ0n) is 11.1. The average molecular weight is 328 g/mol. The number of nitrogens with one attached hydrogen (secondary N) is 1. The van der Waals surface area contributed by atoms with E-state index in [2.05, 4.69) is 70.2 Å². The minimum absolute atomic E-state index is 0.398. The minimum atomic E-state index is 0.398. The van der Waals surface area contributed by atoms with E-state index in [1.54, 1.807) is 11.3 Å². The topological polar surface area (TPSA) is 29.9 Å². The molecule has 98 valence electrons. The maximum absolute atomic E-state index is 4.57. The summed E-state index contributed by atoms with van der Waals surface area (Å²) >= 11 is 5.20. The highest BCUT2D eigenvalue weighted by molar-refractivity contribution is 9.11. The molecule has 1 N–H and O–H groups in total. The Morgan fingerprint density at radius 1 is 1.44 bits per heavy atom. The van der Waals surface area contributed by atoms with Crippen molar-refractivity contribution in [2.75, 3.05) is 5.32 Å². The SMILES string of the molecule is Cc1nn(C(C)C)c(C)c1NCc1csc(Br)c1. The smallest absolute Gasteiger partial charge is 0.0828 e. The lowest BCUT2D eigenvalue weighted by atomic mass is 10.2. The van der Waals surface area contributed by atoms with Crippen LogP contribution in [0.25, 0.3) is 0 Å². The van der Waals surface area contributed by atoms with Crippen molar-refractivity contribution < 1.29 is 0 Å². The van der Waals surface area contributed by atoms with Crippen molar-refractivity contribution >= 4 is 33.0 Å². The van der Waals surface area contributed by atoms with E-state index < -0.39 is 0 Å². The second-order valence-corrected chi connectivity index (χ2v) is 6.99. The van der Waals surface area contributed by atoms with Crippen molar-refractivity contribution in [2.24, 2.45) is 0 Å². The van der Waals surface area contributed by atoms with Crippen LogP contribution < -0.4 is 5.32 Å². The summed E-state index contributed by atoms with van der Waals surface area (Å²) in [5, 5.41) is 10.2. The summed E-state index contributed by atoms with van der Waals surface area (Å²) in [4.78, 5) is 0. The maximum atomic E-state index is 4.57. The fourth-order valence-corrected chi connectivity index (χ4v) is 3.26. The van der Waals surface area contributed by atoms with Crippen molar-refractivity contribution in [3.63, 3.8) is 0 Å². The molecule has 2 aromatic rings. The molecule has 0 saturated heterocycles. The van der Waals surface area contributed by atoms with Gasteiger partial charge < -0.3 is 5.32 Å². The first kappa shape index (κ1) is 13.6. The number of hydrogen-bond donors (Lipinski definition) is 1. The molecular formula is C13H18BrN3S. The summed E-state index contributed by atoms with van der Waals surface area (Å²) in [6, 6.07) is 2.55. The van der Waals surface area contributed by atoms with Gasteiger partial charge in [-0.1, -0.05) is 0 Å². The molecule has 5 heteroatoms. The molecule has 2 rings (SSSR count). The molecule has 0 aromatic carbocycles. The fourth-order valence-electron chi connectivity index (χ4n) is 2.05. The van der Waals surface area contributed by atoms with E-state index in [0.717, 1.165) is 17.9 Å². The van der Waals surface area contributed by atoms with Crippen LogP contribution in [0.15, 0.2) is 15.2 Å². The van der Waals surface area contributed by atoms with E-state index >= 15 is 0 Å². The summed E-state index contributed by atoms with van der Waals surface area (Å²) < 4.78 is 3.24. The largest absolute Gasteiger partial charge is 0.378 e. The molecule has 0 bridgehead atoms. The second-order valence-electron chi connectivity index (χ2n) is 4.70. The average Bonchev–Trinajstić information content (AvgIpc) is 2.82. The van der Waals surface area contributed by atoms with Crippen molar-refractivity contribution in [2.45, 2.75) is 40.3 Å². The second kappa shape index (κ2) is 5.45. The van der Waals surface area contributed by atoms with Gasteiger partial charge in [-0.15, -0.1) is 11.3 Å². The first-order chi connectivity index (χ1) is 8.49. The number of halogens is 1. The first-order valence-electron chi connectivity index (χ1n) is 6.01. The van der Waals surface area contributed by atoms with Crippen LogP contribution in [0.4, 0.5) is 5.69 Å². The highest BCUT2D eigenvalue weighted by Crippen LogP contribution is 2.25. The number of nitrogens with zero attached hydrogens (tertiary/aromatic N) is 2. The summed E-state index contributed by atoms with van der Waals surface area (Å²) in [6.45, 7) is 9.32. The number of anilines is 1. The molecule has 0 atom stereocenters. The monoisotopic (exact) mass is 327 g/mol. The highest BCUT2D eigenvalue weighted by Gasteiger charge is 2.13. The van der Waals surface area contributed by atoms with Crippen LogP contribution in [0.5, 0.6) is 0 Å². The molecule has 0 spiro atoms. The standard InChI is InChI=1S/C13H18BrN3S/c1-8(2)17-10(4)13(9(3)16-17)15-6-11-5-12(14)18-7-11/h5,7-8,15H,6H2,1-4H3. The molecule has 0 aliphatic carbocycles. The molecule has 0 aliphatic heterocycles. The Morgan fingerprint density at radius 2 is 2.17 bits per heavy atom. The predicted molar refractivity (Wildman–Crippen MR) is 81.4 cm³/mol. The van der Waals surface area contributed by atoms with E-state index in [-0.39, 0.29) is 0 Å². The highest BCUT2D eigenvalue weighted by atomic mass is 79.9. The van der Waals surface area contributed by atoms with Crippen LogP contribution >= 0.6 is 27.3 Å². The fraction of sp³-hybridized carbons (Fsp3) is 0.462. The Hall–Kier alpha value is -0.810. The van der Waals surface area contributed by atoms with Crippen LogP contribution in [0.2, 0.25) is 0 Å². The maximum Gasteiger partial charge on any atom is 0.0828 e. The van der Waals surface area contributed by atoms with E-state index in [0.29, 0.717) is 6.04 Å². The number of thiophene rings is 1. The van der Waals surface area contributed by atoms with Crippen molar-refractivity contribution in [1.29, 1.82) is 0 Å². The molecule has 0 radical (unpaired) electrons. The number of aromatic nitrogens is 2. The van der Waals surface area contributed by atoms with Gasteiger partial charge in [-0.2, -0.15) is 5.10 Å². The van der Waals surface area contributed by atoms with Gasteiger partial charge in [0, 0.05) is 12.6 Å². The molecule has 2 heterocycles. The van der Waals surface area contributed by atoms with Gasteiger partial charge in [0.1, 0.15) is 0 Å². The molecule has 0 amide bonds. The Balaban J connectivity index is 2.14. The third-order valence-electron chi connectivity index (χ3n) is 2.91. The molecule has 18 heavy (non-hydrogen) atoms. The van der Waals surface area contributed by atoms with Gasteiger partial charge in [-0.3, -0.25) is 4.68 Å². The summed E-state index contributed by atoms with van der Waals surface area (Å²) in [6.07, 6.45) is 0. The summed E-state index contributed by atoms with van der Waals surface area (Å²) in [7, 11) is 0. The van der Waals surface area contributed by atoms with Gasteiger partial charge in [0.2, 0.25) is 0 Å². The zero-order valence-corrected chi connectivity index (χ0v) is 13.5. The molecule has 0 aliphatic rings. The number of aryl methyl sites for hydroxylation is 1. The van der Waals surface area contributed by atoms with Gasteiger partial charge in [0.05, 0.1) is 20.9 Å². The Labute approximate surface area is 120 Å². The zero-order chi connectivity index (χ0) is 13.3. The van der Waals surface area contributed by atoms with Gasteiger partial charge >= 0.3 is 0 Å². The van der Waals surface area contributed by atoms with Crippen molar-refractivity contribution in [1.82, 2.24) is 9.78 Å². The van der Waals surface area contributed by atoms with E-state index in [4.69, 9.17) is 0 Å². The third kappa shape index (κ3) is 2.78. The molecule has 0 unspecified atom stereocenters. The van der Waals surface area contributed by atoms with E-state index in [1.807, 2.05) is 0 Å². The van der Waals surface area contributed by atoms with Crippen LogP contribution in [0.3, 0.4) is 0 Å². The van der Waals surface area contributed by atoms with E-state index in [1.165, 1.54) is 15.0 Å². The van der Waals surface area contributed by atoms with Crippen LogP contribution in [0.1, 0.15) is 36.8 Å². The summed E-state index contributed by atoms with van der Waals surface area (Å²) in [5.74, 6) is 0. The van der Waals surface area contributed by atoms with Crippen molar-refractivity contribution in [3.05, 3.63) is 32.2 Å². The Kier molecular flexibility index (Phi) is 4.12. The molecule has 0 saturated carbocycles. The lowest BCUT2D eigenvalue weighted by Crippen LogP contribution is -2.06. The Bertz CT molecular complexity index is 542. The van der Waals surface area contributed by atoms with Gasteiger partial charge in [-0.25, -0.2) is 0 Å². The van der Waals surface area contributed by atoms with Gasteiger partial charge in [0.15, 0.2) is 0 Å². The predicted octanol–water partition coefficient (Wildman–Crippen LogP) is 4.52. The lowest BCUT2D eigenvalue weighted by Gasteiger charge is -2.09. The van der Waals surface area contributed by atoms with Crippen LogP contribution in [-0.2, 0) is 6.54 Å². The molecule has 0 fully saturated rings. The Morgan fingerprint density at radius 3 is 2.67 bits per heavy atom.